The van der Waals surface area contributed by atoms with E-state index in [1.165, 1.54) is 38.5 Å². The fourth-order valence-corrected chi connectivity index (χ4v) is 2.52. The lowest BCUT2D eigenvalue weighted by molar-refractivity contribution is 0.324. The lowest BCUT2D eigenvalue weighted by Crippen LogP contribution is -2.11. The minimum Gasteiger partial charge on any atom is -0.359 e. The maximum Gasteiger partial charge on any atom is 0.202 e. The highest BCUT2D eigenvalue weighted by molar-refractivity contribution is 5.23. The number of anilines is 1. The van der Waals surface area contributed by atoms with E-state index in [1.54, 1.807) is 0 Å². The predicted molar refractivity (Wildman–Crippen MR) is 63.0 cm³/mol. The molecule has 1 aromatic heterocycles. The Morgan fingerprint density at radius 3 is 2.93 bits per heavy atom. The van der Waals surface area contributed by atoms with E-state index in [0.717, 1.165) is 18.4 Å². The van der Waals surface area contributed by atoms with E-state index in [9.17, 15) is 0 Å². The molecule has 1 aliphatic carbocycles. The Hall–Kier alpha value is -0.990. The monoisotopic (exact) mass is 207 g/mol. The molecule has 1 saturated carbocycles. The second kappa shape index (κ2) is 5.19. The van der Waals surface area contributed by atoms with Crippen molar-refractivity contribution < 1.29 is 0 Å². The van der Waals surface area contributed by atoms with E-state index < -0.39 is 0 Å². The molecular weight excluding hydrogens is 186 g/mol. The van der Waals surface area contributed by atoms with Gasteiger partial charge in [-0.15, -0.1) is 0 Å². The summed E-state index contributed by atoms with van der Waals surface area (Å²) in [5.74, 6) is 1.94. The summed E-state index contributed by atoms with van der Waals surface area (Å²) >= 11 is 0. The van der Waals surface area contributed by atoms with Crippen LogP contribution < -0.4 is 5.32 Å². The lowest BCUT2D eigenvalue weighted by atomic mass is 9.87. The molecule has 0 atom stereocenters. The molecule has 3 nitrogen and oxygen atoms in total. The van der Waals surface area contributed by atoms with Crippen LogP contribution >= 0.6 is 0 Å². The first-order chi connectivity index (χ1) is 7.40. The van der Waals surface area contributed by atoms with Crippen LogP contribution in [0.4, 0.5) is 5.95 Å². The summed E-state index contributed by atoms with van der Waals surface area (Å²) in [4.78, 5) is 4.25. The van der Waals surface area contributed by atoms with Crippen molar-refractivity contribution in [1.29, 1.82) is 0 Å². The summed E-state index contributed by atoms with van der Waals surface area (Å²) in [6.45, 7) is 1.11. The SMILES string of the molecule is CNc1nccn1CCC1CCCCC1. The van der Waals surface area contributed by atoms with Gasteiger partial charge in [-0.05, 0) is 12.3 Å². The summed E-state index contributed by atoms with van der Waals surface area (Å²) in [6.07, 6.45) is 12.4. The molecule has 1 heterocycles. The number of hydrogen-bond acceptors (Lipinski definition) is 2. The van der Waals surface area contributed by atoms with Gasteiger partial charge in [0.1, 0.15) is 0 Å². The number of nitrogens with one attached hydrogen (secondary N) is 1. The molecule has 0 aromatic carbocycles. The van der Waals surface area contributed by atoms with E-state index >= 15 is 0 Å². The Labute approximate surface area is 91.9 Å². The Morgan fingerprint density at radius 1 is 1.40 bits per heavy atom. The van der Waals surface area contributed by atoms with Crippen molar-refractivity contribution in [2.45, 2.75) is 45.1 Å². The molecule has 0 spiro atoms. The highest BCUT2D eigenvalue weighted by Gasteiger charge is 2.13. The summed E-state index contributed by atoms with van der Waals surface area (Å²) in [5.41, 5.74) is 0. The van der Waals surface area contributed by atoms with Crippen LogP contribution in [0.3, 0.4) is 0 Å². The van der Waals surface area contributed by atoms with Gasteiger partial charge in [-0.3, -0.25) is 0 Å². The molecule has 0 saturated heterocycles. The van der Waals surface area contributed by atoms with Crippen LogP contribution in [0, 0.1) is 5.92 Å². The van der Waals surface area contributed by atoms with Gasteiger partial charge in [-0.25, -0.2) is 4.98 Å². The summed E-state index contributed by atoms with van der Waals surface area (Å²) in [7, 11) is 1.93. The van der Waals surface area contributed by atoms with Crippen molar-refractivity contribution in [1.82, 2.24) is 9.55 Å². The second-order valence-electron chi connectivity index (χ2n) is 4.49. The zero-order chi connectivity index (χ0) is 10.5. The third kappa shape index (κ3) is 2.74. The van der Waals surface area contributed by atoms with Crippen LogP contribution in [0.5, 0.6) is 0 Å². The van der Waals surface area contributed by atoms with Gasteiger partial charge >= 0.3 is 0 Å². The first-order valence-corrected chi connectivity index (χ1v) is 6.09. The molecule has 84 valence electrons. The molecule has 0 aliphatic heterocycles. The number of nitrogens with zero attached hydrogens (tertiary/aromatic N) is 2. The number of aryl methyl sites for hydroxylation is 1. The van der Waals surface area contributed by atoms with E-state index in [2.05, 4.69) is 21.1 Å². The fourth-order valence-electron chi connectivity index (χ4n) is 2.52. The van der Waals surface area contributed by atoms with Crippen molar-refractivity contribution in [2.24, 2.45) is 5.92 Å². The molecule has 3 heteroatoms. The third-order valence-electron chi connectivity index (χ3n) is 3.44. The molecule has 1 aromatic rings. The van der Waals surface area contributed by atoms with Crippen LogP contribution in [0.2, 0.25) is 0 Å². The molecule has 1 aliphatic rings. The molecule has 0 bridgehead atoms. The predicted octanol–water partition coefficient (Wildman–Crippen LogP) is 2.90. The average molecular weight is 207 g/mol. The first kappa shape index (κ1) is 10.5. The molecule has 1 N–H and O–H groups in total. The van der Waals surface area contributed by atoms with Gasteiger partial charge in [0.15, 0.2) is 0 Å². The van der Waals surface area contributed by atoms with Crippen LogP contribution in [0.1, 0.15) is 38.5 Å². The minimum absolute atomic E-state index is 0.950. The lowest BCUT2D eigenvalue weighted by Gasteiger charge is -2.21. The standard InChI is InChI=1S/C12H21N3/c1-13-12-14-8-10-15(12)9-7-11-5-3-2-4-6-11/h8,10-11H,2-7,9H2,1H3,(H,13,14). The maximum atomic E-state index is 4.25. The highest BCUT2D eigenvalue weighted by Crippen LogP contribution is 2.26. The molecule has 15 heavy (non-hydrogen) atoms. The molecule has 0 unspecified atom stereocenters. The summed E-state index contributed by atoms with van der Waals surface area (Å²) in [6, 6.07) is 0. The molecular formula is C12H21N3. The van der Waals surface area contributed by atoms with Crippen molar-refractivity contribution >= 4 is 5.95 Å². The summed E-state index contributed by atoms with van der Waals surface area (Å²) < 4.78 is 2.22. The zero-order valence-corrected chi connectivity index (χ0v) is 9.58. The molecule has 0 amide bonds. The van der Waals surface area contributed by atoms with E-state index in [0.29, 0.717) is 0 Å². The topological polar surface area (TPSA) is 29.9 Å². The minimum atomic E-state index is 0.950. The smallest absolute Gasteiger partial charge is 0.202 e. The Morgan fingerprint density at radius 2 is 2.20 bits per heavy atom. The Bertz CT molecular complexity index is 287. The number of imidazole rings is 1. The van der Waals surface area contributed by atoms with Gasteiger partial charge in [-0.1, -0.05) is 32.1 Å². The maximum absolute atomic E-state index is 4.25. The largest absolute Gasteiger partial charge is 0.359 e. The number of aromatic nitrogens is 2. The van der Waals surface area contributed by atoms with Crippen molar-refractivity contribution in [3.05, 3.63) is 12.4 Å². The quantitative estimate of drug-likeness (QED) is 0.822. The molecule has 1 fully saturated rings. The number of rotatable bonds is 4. The normalized spacial score (nSPS) is 17.9. The third-order valence-corrected chi connectivity index (χ3v) is 3.44. The van der Waals surface area contributed by atoms with Crippen LogP contribution in [-0.2, 0) is 6.54 Å². The molecule has 0 radical (unpaired) electrons. The van der Waals surface area contributed by atoms with Crippen molar-refractivity contribution in [2.75, 3.05) is 12.4 Å². The van der Waals surface area contributed by atoms with Gasteiger partial charge in [0.05, 0.1) is 0 Å². The van der Waals surface area contributed by atoms with E-state index in [1.807, 2.05) is 13.2 Å². The van der Waals surface area contributed by atoms with Crippen LogP contribution in [-0.4, -0.2) is 16.6 Å². The molecule has 2 rings (SSSR count). The average Bonchev–Trinajstić information content (AvgIpc) is 2.75. The second-order valence-corrected chi connectivity index (χ2v) is 4.49. The van der Waals surface area contributed by atoms with Gasteiger partial charge < -0.3 is 9.88 Å². The Balaban J connectivity index is 1.81. The van der Waals surface area contributed by atoms with Gasteiger partial charge in [0.25, 0.3) is 0 Å². The van der Waals surface area contributed by atoms with Gasteiger partial charge in [-0.2, -0.15) is 0 Å². The van der Waals surface area contributed by atoms with E-state index in [-0.39, 0.29) is 0 Å². The van der Waals surface area contributed by atoms with Gasteiger partial charge in [0.2, 0.25) is 5.95 Å². The Kier molecular flexibility index (Phi) is 3.64. The van der Waals surface area contributed by atoms with Crippen LogP contribution in [0.15, 0.2) is 12.4 Å². The van der Waals surface area contributed by atoms with Crippen LogP contribution in [0.25, 0.3) is 0 Å². The number of hydrogen-bond donors (Lipinski definition) is 1. The highest BCUT2D eigenvalue weighted by atomic mass is 15.2. The van der Waals surface area contributed by atoms with Gasteiger partial charge in [0, 0.05) is 26.0 Å². The summed E-state index contributed by atoms with van der Waals surface area (Å²) in [5, 5.41) is 3.12. The van der Waals surface area contributed by atoms with Crippen molar-refractivity contribution in [3.8, 4) is 0 Å². The van der Waals surface area contributed by atoms with E-state index in [4.69, 9.17) is 0 Å². The fraction of sp³-hybridized carbons (Fsp3) is 0.750. The first-order valence-electron chi connectivity index (χ1n) is 6.09. The van der Waals surface area contributed by atoms with Crippen molar-refractivity contribution in [3.63, 3.8) is 0 Å². The zero-order valence-electron chi connectivity index (χ0n) is 9.58.